The van der Waals surface area contributed by atoms with Crippen LogP contribution in [-0.4, -0.2) is 89.9 Å². The van der Waals surface area contributed by atoms with E-state index >= 15 is 0 Å². The Balaban J connectivity index is 1.67. The van der Waals surface area contributed by atoms with Gasteiger partial charge in [-0.25, -0.2) is 0 Å². The molecule has 29 heavy (non-hydrogen) atoms. The first-order valence-electron chi connectivity index (χ1n) is 9.74. The molecule has 2 aliphatic rings. The monoisotopic (exact) mass is 422 g/mol. The maximum atomic E-state index is 12.9. The summed E-state index contributed by atoms with van der Waals surface area (Å²) in [4.78, 5) is 40.6. The fourth-order valence-corrected chi connectivity index (χ4v) is 5.39. The molecule has 0 bridgehead atoms. The Morgan fingerprint density at radius 3 is 1.93 bits per heavy atom. The third kappa shape index (κ3) is 3.67. The number of fused-ring (bicyclic) bond motifs is 1. The summed E-state index contributed by atoms with van der Waals surface area (Å²) in [5.74, 6) is -1.32. The number of amides is 3. The highest BCUT2D eigenvalue weighted by Gasteiger charge is 2.42. The molecular formula is C19H26N4O5S. The first kappa shape index (κ1) is 21.4. The fraction of sp³-hybridized carbons (Fsp3) is 0.526. The van der Waals surface area contributed by atoms with Crippen LogP contribution in [0.5, 0.6) is 0 Å². The molecule has 3 amide bonds. The van der Waals surface area contributed by atoms with Crippen LogP contribution in [0.4, 0.5) is 0 Å². The molecule has 0 aliphatic carbocycles. The molecule has 1 aromatic rings. The van der Waals surface area contributed by atoms with Crippen molar-refractivity contribution >= 4 is 27.9 Å². The SMILES string of the molecule is CCN(CC)S(=O)(=O)N1CCN(C(=O)C(C)N2C(=O)c3ccccc3C2=O)CC1. The van der Waals surface area contributed by atoms with Crippen LogP contribution in [-0.2, 0) is 15.0 Å². The molecule has 1 atom stereocenters. The molecule has 0 saturated carbocycles. The number of hydrogen-bond donors (Lipinski definition) is 0. The molecule has 9 nitrogen and oxygen atoms in total. The van der Waals surface area contributed by atoms with Crippen molar-refractivity contribution in [3.05, 3.63) is 35.4 Å². The van der Waals surface area contributed by atoms with Crippen molar-refractivity contribution in [3.8, 4) is 0 Å². The molecule has 0 spiro atoms. The first-order valence-corrected chi connectivity index (χ1v) is 11.1. The van der Waals surface area contributed by atoms with Gasteiger partial charge in [0.2, 0.25) is 5.91 Å². The van der Waals surface area contributed by atoms with Crippen molar-refractivity contribution < 1.29 is 22.8 Å². The van der Waals surface area contributed by atoms with Crippen LogP contribution in [0.1, 0.15) is 41.5 Å². The van der Waals surface area contributed by atoms with Crippen LogP contribution in [0, 0.1) is 0 Å². The van der Waals surface area contributed by atoms with Crippen molar-refractivity contribution in [2.45, 2.75) is 26.8 Å². The van der Waals surface area contributed by atoms with E-state index in [1.165, 1.54) is 20.4 Å². The van der Waals surface area contributed by atoms with E-state index in [0.717, 1.165) is 4.90 Å². The smallest absolute Gasteiger partial charge is 0.282 e. The van der Waals surface area contributed by atoms with Crippen molar-refractivity contribution in [1.82, 2.24) is 18.4 Å². The minimum atomic E-state index is -3.55. The van der Waals surface area contributed by atoms with E-state index in [9.17, 15) is 22.8 Å². The van der Waals surface area contributed by atoms with Gasteiger partial charge in [0.1, 0.15) is 6.04 Å². The van der Waals surface area contributed by atoms with Crippen molar-refractivity contribution in [3.63, 3.8) is 0 Å². The highest BCUT2D eigenvalue weighted by Crippen LogP contribution is 2.25. The maximum Gasteiger partial charge on any atom is 0.282 e. The van der Waals surface area contributed by atoms with Gasteiger partial charge in [0, 0.05) is 39.3 Å². The number of carbonyl (C=O) groups excluding carboxylic acids is 3. The second-order valence-electron chi connectivity index (χ2n) is 7.02. The predicted octanol–water partition coefficient (Wildman–Crippen LogP) is 0.402. The lowest BCUT2D eigenvalue weighted by Crippen LogP contribution is -2.57. The van der Waals surface area contributed by atoms with Gasteiger partial charge in [-0.15, -0.1) is 0 Å². The highest BCUT2D eigenvalue weighted by atomic mass is 32.2. The second kappa shape index (κ2) is 8.21. The van der Waals surface area contributed by atoms with Gasteiger partial charge in [-0.1, -0.05) is 26.0 Å². The molecule has 10 heteroatoms. The van der Waals surface area contributed by atoms with Gasteiger partial charge in [-0.2, -0.15) is 17.0 Å². The second-order valence-corrected chi connectivity index (χ2v) is 8.95. The Kier molecular flexibility index (Phi) is 6.06. The summed E-state index contributed by atoms with van der Waals surface area (Å²) in [6.45, 7) is 6.65. The molecule has 2 heterocycles. The van der Waals surface area contributed by atoms with E-state index in [1.807, 2.05) is 0 Å². The normalized spacial score (nSPS) is 19.0. The van der Waals surface area contributed by atoms with Crippen LogP contribution in [0.15, 0.2) is 24.3 Å². The van der Waals surface area contributed by atoms with Gasteiger partial charge in [0.25, 0.3) is 22.0 Å². The molecule has 158 valence electrons. The minimum Gasteiger partial charge on any atom is -0.338 e. The number of nitrogens with zero attached hydrogens (tertiary/aromatic N) is 4. The lowest BCUT2D eigenvalue weighted by atomic mass is 10.1. The predicted molar refractivity (Wildman–Crippen MR) is 106 cm³/mol. The van der Waals surface area contributed by atoms with Gasteiger partial charge in [-0.05, 0) is 19.1 Å². The minimum absolute atomic E-state index is 0.180. The van der Waals surface area contributed by atoms with Crippen LogP contribution in [0.25, 0.3) is 0 Å². The highest BCUT2D eigenvalue weighted by molar-refractivity contribution is 7.86. The van der Waals surface area contributed by atoms with Crippen LogP contribution < -0.4 is 0 Å². The average Bonchev–Trinajstić information content (AvgIpc) is 2.98. The third-order valence-electron chi connectivity index (χ3n) is 5.48. The lowest BCUT2D eigenvalue weighted by Gasteiger charge is -2.38. The van der Waals surface area contributed by atoms with Crippen LogP contribution >= 0.6 is 0 Å². The van der Waals surface area contributed by atoms with Crippen LogP contribution in [0.3, 0.4) is 0 Å². The average molecular weight is 423 g/mol. The van der Waals surface area contributed by atoms with E-state index in [-0.39, 0.29) is 32.1 Å². The number of hydrogen-bond acceptors (Lipinski definition) is 5. The lowest BCUT2D eigenvalue weighted by molar-refractivity contribution is -0.136. The van der Waals surface area contributed by atoms with Gasteiger partial charge in [0.15, 0.2) is 0 Å². The summed E-state index contributed by atoms with van der Waals surface area (Å²) >= 11 is 0. The Morgan fingerprint density at radius 1 is 1.00 bits per heavy atom. The van der Waals surface area contributed by atoms with Crippen molar-refractivity contribution in [2.75, 3.05) is 39.3 Å². The summed E-state index contributed by atoms with van der Waals surface area (Å²) in [6.07, 6.45) is 0. The summed E-state index contributed by atoms with van der Waals surface area (Å²) in [5, 5.41) is 0. The molecular weight excluding hydrogens is 396 g/mol. The van der Waals surface area contributed by atoms with E-state index in [1.54, 1.807) is 38.1 Å². The summed E-state index contributed by atoms with van der Waals surface area (Å²) in [5.41, 5.74) is 0.597. The van der Waals surface area contributed by atoms with E-state index in [2.05, 4.69) is 0 Å². The van der Waals surface area contributed by atoms with Gasteiger partial charge >= 0.3 is 0 Å². The number of piperazine rings is 1. The molecule has 0 aromatic heterocycles. The third-order valence-corrected chi connectivity index (χ3v) is 7.67. The van der Waals surface area contributed by atoms with Crippen molar-refractivity contribution in [2.24, 2.45) is 0 Å². The number of carbonyl (C=O) groups is 3. The zero-order valence-corrected chi connectivity index (χ0v) is 17.7. The Labute approximate surface area is 171 Å². The molecule has 1 unspecified atom stereocenters. The van der Waals surface area contributed by atoms with Gasteiger partial charge in [0.05, 0.1) is 11.1 Å². The molecule has 1 saturated heterocycles. The number of imide groups is 1. The summed E-state index contributed by atoms with van der Waals surface area (Å²) in [7, 11) is -3.55. The Morgan fingerprint density at radius 2 is 1.48 bits per heavy atom. The zero-order valence-electron chi connectivity index (χ0n) is 16.9. The van der Waals surface area contributed by atoms with Gasteiger partial charge < -0.3 is 4.90 Å². The molecule has 0 N–H and O–H groups in total. The summed E-state index contributed by atoms with van der Waals surface area (Å²) < 4.78 is 28.0. The zero-order chi connectivity index (χ0) is 21.3. The van der Waals surface area contributed by atoms with Crippen molar-refractivity contribution in [1.29, 1.82) is 0 Å². The molecule has 0 radical (unpaired) electrons. The number of rotatable bonds is 6. The molecule has 2 aliphatic heterocycles. The van der Waals surface area contributed by atoms with Crippen LogP contribution in [0.2, 0.25) is 0 Å². The molecule has 1 aromatic carbocycles. The fourth-order valence-electron chi connectivity index (χ4n) is 3.79. The van der Waals surface area contributed by atoms with Gasteiger partial charge in [-0.3, -0.25) is 19.3 Å². The largest absolute Gasteiger partial charge is 0.338 e. The van der Waals surface area contributed by atoms with E-state index in [0.29, 0.717) is 24.2 Å². The topological polar surface area (TPSA) is 98.3 Å². The number of benzene rings is 1. The maximum absolute atomic E-state index is 12.9. The quantitative estimate of drug-likeness (QED) is 0.618. The Hall–Kier alpha value is -2.30. The van der Waals surface area contributed by atoms with E-state index < -0.39 is 28.1 Å². The molecule has 1 fully saturated rings. The molecule has 3 rings (SSSR count). The van der Waals surface area contributed by atoms with E-state index in [4.69, 9.17) is 0 Å². The Bertz CT molecular complexity index is 885. The first-order chi connectivity index (χ1) is 13.7. The standard InChI is InChI=1S/C19H26N4O5S/c1-4-21(5-2)29(27,28)22-12-10-20(11-13-22)17(24)14(3)23-18(25)15-8-6-7-9-16(15)19(23)26/h6-9,14H,4-5,10-13H2,1-3H3. The summed E-state index contributed by atoms with van der Waals surface area (Å²) in [6, 6.07) is 5.55.